The van der Waals surface area contributed by atoms with Gasteiger partial charge in [-0.05, 0) is 24.6 Å². The second-order valence-corrected chi connectivity index (χ2v) is 5.58. The van der Waals surface area contributed by atoms with Gasteiger partial charge in [-0.15, -0.1) is 0 Å². The van der Waals surface area contributed by atoms with Crippen molar-refractivity contribution in [2.45, 2.75) is 24.1 Å². The first kappa shape index (κ1) is 11.3. The minimum Gasteiger partial charge on any atom is -0.367 e. The molecule has 1 aliphatic heterocycles. The molecule has 1 aromatic rings. The standard InChI is InChI=1S/C12H13FN2S/c1-9-6-12(7-14,8-16-9)15-11-4-2-3-10(13)5-11/h2-5,9,15H,6,8H2,1H3. The van der Waals surface area contributed by atoms with Crippen LogP contribution in [0, 0.1) is 17.1 Å². The van der Waals surface area contributed by atoms with Gasteiger partial charge < -0.3 is 5.32 Å². The number of benzene rings is 1. The second kappa shape index (κ2) is 4.34. The summed E-state index contributed by atoms with van der Waals surface area (Å²) in [6.07, 6.45) is 0.796. The van der Waals surface area contributed by atoms with Crippen molar-refractivity contribution in [3.05, 3.63) is 30.1 Å². The number of hydrogen-bond acceptors (Lipinski definition) is 3. The zero-order chi connectivity index (χ0) is 11.6. The highest BCUT2D eigenvalue weighted by Gasteiger charge is 2.38. The Labute approximate surface area is 98.8 Å². The monoisotopic (exact) mass is 236 g/mol. The summed E-state index contributed by atoms with van der Waals surface area (Å²) in [5, 5.41) is 12.9. The lowest BCUT2D eigenvalue weighted by atomic mass is 9.98. The lowest BCUT2D eigenvalue weighted by Crippen LogP contribution is -2.36. The summed E-state index contributed by atoms with van der Waals surface area (Å²) in [4.78, 5) is 0. The summed E-state index contributed by atoms with van der Waals surface area (Å²) in [6.45, 7) is 2.11. The molecule has 16 heavy (non-hydrogen) atoms. The molecule has 1 fully saturated rings. The molecule has 2 rings (SSSR count). The number of halogens is 1. The number of rotatable bonds is 2. The fourth-order valence-electron chi connectivity index (χ4n) is 1.93. The Balaban J connectivity index is 2.17. The molecule has 0 radical (unpaired) electrons. The maximum atomic E-state index is 13.0. The van der Waals surface area contributed by atoms with E-state index in [9.17, 15) is 9.65 Å². The summed E-state index contributed by atoms with van der Waals surface area (Å²) in [6, 6.07) is 8.58. The first-order valence-electron chi connectivity index (χ1n) is 5.20. The van der Waals surface area contributed by atoms with Crippen LogP contribution >= 0.6 is 11.8 Å². The Morgan fingerprint density at radius 1 is 1.62 bits per heavy atom. The summed E-state index contributed by atoms with van der Waals surface area (Å²) in [5.74, 6) is 0.470. The van der Waals surface area contributed by atoms with E-state index in [2.05, 4.69) is 18.3 Å². The lowest BCUT2D eigenvalue weighted by Gasteiger charge is -2.23. The smallest absolute Gasteiger partial charge is 0.135 e. The Morgan fingerprint density at radius 3 is 3.00 bits per heavy atom. The predicted molar refractivity (Wildman–Crippen MR) is 64.9 cm³/mol. The van der Waals surface area contributed by atoms with Crippen LogP contribution in [0.25, 0.3) is 0 Å². The molecule has 0 spiro atoms. The van der Waals surface area contributed by atoms with Crippen LogP contribution in [-0.2, 0) is 0 Å². The minimum atomic E-state index is -0.544. The van der Waals surface area contributed by atoms with E-state index in [1.807, 2.05) is 0 Å². The Bertz CT molecular complexity index is 429. The lowest BCUT2D eigenvalue weighted by molar-refractivity contribution is 0.616. The average molecular weight is 236 g/mol. The first-order valence-corrected chi connectivity index (χ1v) is 6.25. The summed E-state index contributed by atoms with van der Waals surface area (Å²) in [5.41, 5.74) is 0.133. The van der Waals surface area contributed by atoms with E-state index in [1.54, 1.807) is 23.9 Å². The molecule has 4 heteroatoms. The molecule has 0 aromatic heterocycles. The van der Waals surface area contributed by atoms with Gasteiger partial charge in [0.2, 0.25) is 0 Å². The Morgan fingerprint density at radius 2 is 2.44 bits per heavy atom. The van der Waals surface area contributed by atoms with E-state index in [0.29, 0.717) is 10.9 Å². The molecule has 0 bridgehead atoms. The number of anilines is 1. The van der Waals surface area contributed by atoms with Gasteiger partial charge in [0.15, 0.2) is 0 Å². The van der Waals surface area contributed by atoms with Crippen LogP contribution in [-0.4, -0.2) is 16.5 Å². The summed E-state index contributed by atoms with van der Waals surface area (Å²) >= 11 is 1.77. The number of thioether (sulfide) groups is 1. The maximum absolute atomic E-state index is 13.0. The molecule has 2 nitrogen and oxygen atoms in total. The predicted octanol–water partition coefficient (Wildman–Crippen LogP) is 3.03. The Kier molecular flexibility index (Phi) is 3.06. The van der Waals surface area contributed by atoms with E-state index in [0.717, 1.165) is 12.2 Å². The Hall–Kier alpha value is -1.21. The van der Waals surface area contributed by atoms with Gasteiger partial charge in [-0.25, -0.2) is 4.39 Å². The van der Waals surface area contributed by atoms with Crippen molar-refractivity contribution in [2.75, 3.05) is 11.1 Å². The van der Waals surface area contributed by atoms with Crippen LogP contribution in [0.2, 0.25) is 0 Å². The molecule has 1 aromatic carbocycles. The SMILES string of the molecule is CC1CC(C#N)(Nc2cccc(F)c2)CS1. The quantitative estimate of drug-likeness (QED) is 0.857. The molecule has 0 amide bonds. The largest absolute Gasteiger partial charge is 0.367 e. The van der Waals surface area contributed by atoms with Gasteiger partial charge in [-0.1, -0.05) is 13.0 Å². The molecular formula is C12H13FN2S. The van der Waals surface area contributed by atoms with Gasteiger partial charge in [0, 0.05) is 16.7 Å². The number of nitrogens with zero attached hydrogens (tertiary/aromatic N) is 1. The maximum Gasteiger partial charge on any atom is 0.135 e. The molecule has 1 heterocycles. The van der Waals surface area contributed by atoms with Crippen molar-refractivity contribution in [2.24, 2.45) is 0 Å². The fraction of sp³-hybridized carbons (Fsp3) is 0.417. The zero-order valence-corrected chi connectivity index (χ0v) is 9.85. The fourth-order valence-corrected chi connectivity index (χ4v) is 3.15. The van der Waals surface area contributed by atoms with Crippen LogP contribution in [0.1, 0.15) is 13.3 Å². The highest BCUT2D eigenvalue weighted by molar-refractivity contribution is 8.00. The summed E-state index contributed by atoms with van der Waals surface area (Å²) < 4.78 is 13.0. The van der Waals surface area contributed by atoms with E-state index < -0.39 is 5.54 Å². The third-order valence-corrected chi connectivity index (χ3v) is 4.07. The van der Waals surface area contributed by atoms with E-state index in [-0.39, 0.29) is 5.82 Å². The van der Waals surface area contributed by atoms with Gasteiger partial charge >= 0.3 is 0 Å². The molecule has 2 unspecified atom stereocenters. The molecular weight excluding hydrogens is 223 g/mol. The van der Waals surface area contributed by atoms with Crippen LogP contribution < -0.4 is 5.32 Å². The van der Waals surface area contributed by atoms with Gasteiger partial charge in [0.25, 0.3) is 0 Å². The van der Waals surface area contributed by atoms with Crippen LogP contribution in [0.3, 0.4) is 0 Å². The van der Waals surface area contributed by atoms with Gasteiger partial charge in [0.1, 0.15) is 11.4 Å². The zero-order valence-electron chi connectivity index (χ0n) is 9.03. The molecule has 1 N–H and O–H groups in total. The average Bonchev–Trinajstić information content (AvgIpc) is 2.61. The van der Waals surface area contributed by atoms with Crippen LogP contribution in [0.5, 0.6) is 0 Å². The third-order valence-electron chi connectivity index (χ3n) is 2.67. The number of nitrogens with one attached hydrogen (secondary N) is 1. The molecule has 1 aliphatic rings. The first-order chi connectivity index (χ1) is 7.63. The van der Waals surface area contributed by atoms with Crippen molar-refractivity contribution in [3.8, 4) is 6.07 Å². The van der Waals surface area contributed by atoms with E-state index in [4.69, 9.17) is 0 Å². The molecule has 84 valence electrons. The molecule has 2 atom stereocenters. The number of nitriles is 1. The molecule has 1 saturated heterocycles. The number of hydrogen-bond donors (Lipinski definition) is 1. The normalized spacial score (nSPS) is 28.7. The topological polar surface area (TPSA) is 35.8 Å². The van der Waals surface area contributed by atoms with Gasteiger partial charge in [-0.3, -0.25) is 0 Å². The van der Waals surface area contributed by atoms with Gasteiger partial charge in [0.05, 0.1) is 6.07 Å². The summed E-state index contributed by atoms with van der Waals surface area (Å²) in [7, 11) is 0. The van der Waals surface area contributed by atoms with Crippen LogP contribution in [0.4, 0.5) is 10.1 Å². The highest BCUT2D eigenvalue weighted by Crippen LogP contribution is 2.36. The molecule has 0 saturated carbocycles. The van der Waals surface area contributed by atoms with Crippen molar-refractivity contribution >= 4 is 17.4 Å². The van der Waals surface area contributed by atoms with E-state index >= 15 is 0 Å². The second-order valence-electron chi connectivity index (χ2n) is 4.16. The highest BCUT2D eigenvalue weighted by atomic mass is 32.2. The molecule has 0 aliphatic carbocycles. The van der Waals surface area contributed by atoms with Gasteiger partial charge in [-0.2, -0.15) is 17.0 Å². The van der Waals surface area contributed by atoms with E-state index in [1.165, 1.54) is 12.1 Å². The van der Waals surface area contributed by atoms with Crippen molar-refractivity contribution in [1.29, 1.82) is 5.26 Å². The minimum absolute atomic E-state index is 0.281. The van der Waals surface area contributed by atoms with Crippen molar-refractivity contribution in [3.63, 3.8) is 0 Å². The van der Waals surface area contributed by atoms with Crippen molar-refractivity contribution in [1.82, 2.24) is 0 Å². The third kappa shape index (κ3) is 2.30. The van der Waals surface area contributed by atoms with Crippen LogP contribution in [0.15, 0.2) is 24.3 Å². The van der Waals surface area contributed by atoms with Crippen molar-refractivity contribution < 1.29 is 4.39 Å².